The summed E-state index contributed by atoms with van der Waals surface area (Å²) in [5.41, 5.74) is 0.132. The molecule has 122 valence electrons. The first-order valence-corrected chi connectivity index (χ1v) is 8.46. The van der Waals surface area contributed by atoms with Crippen molar-refractivity contribution in [2.24, 2.45) is 0 Å². The van der Waals surface area contributed by atoms with Gasteiger partial charge in [-0.05, 0) is 37.8 Å². The highest BCUT2D eigenvalue weighted by Gasteiger charge is 2.44. The molecule has 1 aliphatic heterocycles. The molecule has 4 nitrogen and oxygen atoms in total. The standard InChI is InChI=1S/C16H21Cl2NO3/c17-13-3-1-4-14(15(13)18)21-10-12(20)8-19-11-7-16(22-9-11)5-2-6-16/h1,3-4,11-12,19-20H,2,5-10H2. The van der Waals surface area contributed by atoms with E-state index in [1.54, 1.807) is 18.2 Å². The molecule has 0 aromatic heterocycles. The van der Waals surface area contributed by atoms with Crippen LogP contribution in [-0.2, 0) is 4.74 Å². The van der Waals surface area contributed by atoms with Crippen LogP contribution in [0.2, 0.25) is 10.0 Å². The highest BCUT2D eigenvalue weighted by Crippen LogP contribution is 2.43. The molecule has 1 aliphatic carbocycles. The topological polar surface area (TPSA) is 50.7 Å². The van der Waals surface area contributed by atoms with Crippen molar-refractivity contribution >= 4 is 23.2 Å². The Kier molecular flexibility index (Phi) is 5.15. The Morgan fingerprint density at radius 2 is 2.23 bits per heavy atom. The third-order valence-electron chi connectivity index (χ3n) is 4.46. The molecule has 2 N–H and O–H groups in total. The van der Waals surface area contributed by atoms with Gasteiger partial charge in [-0.15, -0.1) is 0 Å². The molecule has 1 saturated heterocycles. The Balaban J connectivity index is 1.39. The minimum Gasteiger partial charge on any atom is -0.489 e. The minimum absolute atomic E-state index is 0.132. The lowest BCUT2D eigenvalue weighted by atomic mass is 9.77. The summed E-state index contributed by atoms with van der Waals surface area (Å²) in [7, 11) is 0. The Hall–Kier alpha value is -0.520. The highest BCUT2D eigenvalue weighted by atomic mass is 35.5. The Morgan fingerprint density at radius 3 is 2.91 bits per heavy atom. The predicted molar refractivity (Wildman–Crippen MR) is 86.9 cm³/mol. The second-order valence-electron chi connectivity index (χ2n) is 6.17. The summed E-state index contributed by atoms with van der Waals surface area (Å²) in [6, 6.07) is 5.52. The van der Waals surface area contributed by atoms with Crippen LogP contribution in [0.1, 0.15) is 25.7 Å². The molecule has 22 heavy (non-hydrogen) atoms. The Labute approximate surface area is 140 Å². The number of benzene rings is 1. The molecule has 6 heteroatoms. The van der Waals surface area contributed by atoms with Gasteiger partial charge in [0.2, 0.25) is 0 Å². The number of aliphatic hydroxyl groups is 1. The summed E-state index contributed by atoms with van der Waals surface area (Å²) in [5.74, 6) is 0.492. The van der Waals surface area contributed by atoms with Crippen LogP contribution in [0, 0.1) is 0 Å². The van der Waals surface area contributed by atoms with E-state index in [-0.39, 0.29) is 12.2 Å². The number of hydrogen-bond donors (Lipinski definition) is 2. The molecule has 1 aromatic rings. The molecule has 2 aliphatic rings. The third-order valence-corrected chi connectivity index (χ3v) is 5.26. The molecule has 0 radical (unpaired) electrons. The molecular weight excluding hydrogens is 325 g/mol. The zero-order valence-electron chi connectivity index (χ0n) is 12.4. The molecule has 1 saturated carbocycles. The van der Waals surface area contributed by atoms with Crippen LogP contribution >= 0.6 is 23.2 Å². The Bertz CT molecular complexity index is 522. The van der Waals surface area contributed by atoms with E-state index >= 15 is 0 Å². The van der Waals surface area contributed by atoms with Crippen molar-refractivity contribution in [3.63, 3.8) is 0 Å². The average molecular weight is 346 g/mol. The van der Waals surface area contributed by atoms with Crippen molar-refractivity contribution in [2.45, 2.75) is 43.4 Å². The zero-order valence-corrected chi connectivity index (χ0v) is 13.9. The van der Waals surface area contributed by atoms with Gasteiger partial charge in [0.15, 0.2) is 0 Å². The molecule has 1 aromatic carbocycles. The summed E-state index contributed by atoms with van der Waals surface area (Å²) in [6.07, 6.45) is 4.05. The number of ether oxygens (including phenoxy) is 2. The zero-order chi connectivity index (χ0) is 15.6. The molecule has 1 heterocycles. The lowest BCUT2D eigenvalue weighted by Gasteiger charge is -2.37. The molecule has 2 fully saturated rings. The first kappa shape index (κ1) is 16.3. The van der Waals surface area contributed by atoms with Gasteiger partial charge in [0.1, 0.15) is 23.5 Å². The Morgan fingerprint density at radius 1 is 1.41 bits per heavy atom. The van der Waals surface area contributed by atoms with Crippen LogP contribution in [0.15, 0.2) is 18.2 Å². The first-order chi connectivity index (χ1) is 10.6. The second-order valence-corrected chi connectivity index (χ2v) is 6.96. The fraction of sp³-hybridized carbons (Fsp3) is 0.625. The van der Waals surface area contributed by atoms with Crippen LogP contribution in [0.3, 0.4) is 0 Å². The van der Waals surface area contributed by atoms with Crippen molar-refractivity contribution in [2.75, 3.05) is 19.8 Å². The van der Waals surface area contributed by atoms with E-state index in [0.29, 0.717) is 28.4 Å². The molecule has 0 amide bonds. The van der Waals surface area contributed by atoms with Gasteiger partial charge in [0.05, 0.1) is 17.2 Å². The summed E-state index contributed by atoms with van der Waals surface area (Å²) >= 11 is 12.0. The van der Waals surface area contributed by atoms with E-state index in [0.717, 1.165) is 13.0 Å². The summed E-state index contributed by atoms with van der Waals surface area (Å²) in [5, 5.41) is 14.2. The van der Waals surface area contributed by atoms with Gasteiger partial charge in [-0.3, -0.25) is 0 Å². The lowest BCUT2D eigenvalue weighted by Crippen LogP contribution is -2.41. The maximum Gasteiger partial charge on any atom is 0.139 e. The predicted octanol–water partition coefficient (Wildman–Crippen LogP) is 3.03. The first-order valence-electron chi connectivity index (χ1n) is 7.70. The number of hydrogen-bond acceptors (Lipinski definition) is 4. The van der Waals surface area contributed by atoms with Gasteiger partial charge in [-0.25, -0.2) is 0 Å². The van der Waals surface area contributed by atoms with Crippen molar-refractivity contribution in [3.8, 4) is 5.75 Å². The monoisotopic (exact) mass is 345 g/mol. The second kappa shape index (κ2) is 6.93. The largest absolute Gasteiger partial charge is 0.489 e. The number of aliphatic hydroxyl groups excluding tert-OH is 1. The van der Waals surface area contributed by atoms with Crippen LogP contribution < -0.4 is 10.1 Å². The molecule has 1 spiro atoms. The van der Waals surface area contributed by atoms with Crippen LogP contribution in [0.25, 0.3) is 0 Å². The number of nitrogens with one attached hydrogen (secondary N) is 1. The van der Waals surface area contributed by atoms with E-state index in [1.807, 2.05) is 0 Å². The summed E-state index contributed by atoms with van der Waals surface area (Å²) < 4.78 is 11.4. The van der Waals surface area contributed by atoms with E-state index in [2.05, 4.69) is 5.32 Å². The normalized spacial score (nSPS) is 24.2. The van der Waals surface area contributed by atoms with Crippen LogP contribution in [0.5, 0.6) is 5.75 Å². The van der Waals surface area contributed by atoms with Crippen LogP contribution in [0.4, 0.5) is 0 Å². The lowest BCUT2D eigenvalue weighted by molar-refractivity contribution is -0.0563. The third kappa shape index (κ3) is 3.69. The summed E-state index contributed by atoms with van der Waals surface area (Å²) in [4.78, 5) is 0. The van der Waals surface area contributed by atoms with Crippen molar-refractivity contribution in [3.05, 3.63) is 28.2 Å². The van der Waals surface area contributed by atoms with Crippen LogP contribution in [-0.4, -0.2) is 42.6 Å². The van der Waals surface area contributed by atoms with Gasteiger partial charge >= 0.3 is 0 Å². The summed E-state index contributed by atoms with van der Waals surface area (Å²) in [6.45, 7) is 1.38. The fourth-order valence-electron chi connectivity index (χ4n) is 3.04. The van der Waals surface area contributed by atoms with Gasteiger partial charge in [0, 0.05) is 12.6 Å². The molecule has 0 bridgehead atoms. The molecular formula is C16H21Cl2NO3. The van der Waals surface area contributed by atoms with Gasteiger partial charge in [0.25, 0.3) is 0 Å². The fourth-order valence-corrected chi connectivity index (χ4v) is 3.38. The number of rotatable bonds is 6. The highest BCUT2D eigenvalue weighted by molar-refractivity contribution is 6.42. The smallest absolute Gasteiger partial charge is 0.139 e. The molecule has 2 unspecified atom stereocenters. The van der Waals surface area contributed by atoms with E-state index in [1.165, 1.54) is 19.3 Å². The maximum absolute atomic E-state index is 10.0. The minimum atomic E-state index is -0.604. The van der Waals surface area contributed by atoms with E-state index in [9.17, 15) is 5.11 Å². The van der Waals surface area contributed by atoms with Gasteiger partial charge in [-0.1, -0.05) is 29.3 Å². The van der Waals surface area contributed by atoms with E-state index in [4.69, 9.17) is 32.7 Å². The van der Waals surface area contributed by atoms with Crippen molar-refractivity contribution in [1.82, 2.24) is 5.32 Å². The molecule has 3 rings (SSSR count). The number of halogens is 2. The van der Waals surface area contributed by atoms with Gasteiger partial charge < -0.3 is 19.9 Å². The van der Waals surface area contributed by atoms with Gasteiger partial charge in [-0.2, -0.15) is 0 Å². The maximum atomic E-state index is 10.0. The molecule has 2 atom stereocenters. The van der Waals surface area contributed by atoms with Crippen molar-refractivity contribution in [1.29, 1.82) is 0 Å². The quantitative estimate of drug-likeness (QED) is 0.831. The SMILES string of the molecule is OC(CNC1COC2(CCC2)C1)COc1cccc(Cl)c1Cl. The average Bonchev–Trinajstić information content (AvgIpc) is 2.91. The van der Waals surface area contributed by atoms with E-state index < -0.39 is 6.10 Å². The van der Waals surface area contributed by atoms with Crippen molar-refractivity contribution < 1.29 is 14.6 Å².